The maximum Gasteiger partial charge on any atom is 0.333 e. The summed E-state index contributed by atoms with van der Waals surface area (Å²) in [6, 6.07) is 0. The van der Waals surface area contributed by atoms with Gasteiger partial charge in [0.2, 0.25) is 0 Å². The van der Waals surface area contributed by atoms with Crippen LogP contribution < -0.4 is 0 Å². The molecule has 1 aromatic rings. The van der Waals surface area contributed by atoms with Gasteiger partial charge in [-0.25, -0.2) is 4.79 Å². The molecule has 0 unspecified atom stereocenters. The normalized spacial score (nSPS) is 36.0. The Kier molecular flexibility index (Phi) is 4.37. The third-order valence-corrected chi connectivity index (χ3v) is 6.58. The summed E-state index contributed by atoms with van der Waals surface area (Å²) in [4.78, 5) is 12.3. The van der Waals surface area contributed by atoms with E-state index >= 15 is 0 Å². The number of aliphatic hydroxyl groups excluding tert-OH is 1. The van der Waals surface area contributed by atoms with Crippen molar-refractivity contribution in [1.29, 1.82) is 0 Å². The first-order valence-corrected chi connectivity index (χ1v) is 8.89. The first kappa shape index (κ1) is 17.3. The van der Waals surface area contributed by atoms with Gasteiger partial charge in [0.05, 0.1) is 12.4 Å². The first-order chi connectivity index (χ1) is 11.3. The minimum Gasteiger partial charge on any atom is -0.469 e. The van der Waals surface area contributed by atoms with Crippen LogP contribution in [0.3, 0.4) is 0 Å². The van der Waals surface area contributed by atoms with Gasteiger partial charge in [-0.15, -0.1) is 0 Å². The summed E-state index contributed by atoms with van der Waals surface area (Å²) in [5, 5.41) is 11.2. The Morgan fingerprint density at radius 3 is 2.83 bits per heavy atom. The Hall–Kier alpha value is -1.55. The molecule has 4 heteroatoms. The number of furan rings is 1. The van der Waals surface area contributed by atoms with E-state index in [0.29, 0.717) is 17.9 Å². The molecule has 24 heavy (non-hydrogen) atoms. The molecule has 0 saturated heterocycles. The number of hydrogen-bond donors (Lipinski definition) is 1. The van der Waals surface area contributed by atoms with Crippen molar-refractivity contribution in [3.63, 3.8) is 0 Å². The Bertz CT molecular complexity index is 671. The first-order valence-electron chi connectivity index (χ1n) is 8.89. The average molecular weight is 332 g/mol. The van der Waals surface area contributed by atoms with Crippen molar-refractivity contribution in [3.05, 3.63) is 34.8 Å². The highest BCUT2D eigenvalue weighted by atomic mass is 16.5. The molecule has 2 aliphatic rings. The molecule has 5 atom stereocenters. The third-order valence-electron chi connectivity index (χ3n) is 6.58. The van der Waals surface area contributed by atoms with E-state index in [1.54, 1.807) is 19.3 Å². The number of rotatable bonds is 2. The quantitative estimate of drug-likeness (QED) is 0.654. The van der Waals surface area contributed by atoms with E-state index in [4.69, 9.17) is 9.15 Å². The molecule has 3 rings (SSSR count). The highest BCUT2D eigenvalue weighted by Crippen LogP contribution is 2.58. The van der Waals surface area contributed by atoms with E-state index < -0.39 is 6.10 Å². The van der Waals surface area contributed by atoms with Gasteiger partial charge in [0.1, 0.15) is 11.9 Å². The topological polar surface area (TPSA) is 59.7 Å². The van der Waals surface area contributed by atoms with Crippen LogP contribution in [0.4, 0.5) is 0 Å². The van der Waals surface area contributed by atoms with Gasteiger partial charge in [-0.2, -0.15) is 0 Å². The SMILES string of the molecule is C/C=C(/C)C(=O)O[C@H]1CC[C@H](C)[C@@]2(C)[C@H](O)c3c(C)coc3C[C@@H]12. The summed E-state index contributed by atoms with van der Waals surface area (Å²) in [6.07, 6.45) is 5.25. The summed E-state index contributed by atoms with van der Waals surface area (Å²) >= 11 is 0. The molecule has 0 spiro atoms. The highest BCUT2D eigenvalue weighted by Gasteiger charge is 2.56. The molecule has 1 heterocycles. The van der Waals surface area contributed by atoms with Crippen LogP contribution in [0.5, 0.6) is 0 Å². The predicted octanol–water partition coefficient (Wildman–Crippen LogP) is 4.11. The van der Waals surface area contributed by atoms with E-state index in [2.05, 4.69) is 13.8 Å². The second-order valence-corrected chi connectivity index (χ2v) is 7.73. The second kappa shape index (κ2) is 6.07. The fourth-order valence-electron chi connectivity index (χ4n) is 4.55. The second-order valence-electron chi connectivity index (χ2n) is 7.73. The number of carbonyl (C=O) groups excluding carboxylic acids is 1. The molecule has 4 nitrogen and oxygen atoms in total. The summed E-state index contributed by atoms with van der Waals surface area (Å²) in [5.74, 6) is 1.02. The Morgan fingerprint density at radius 2 is 2.17 bits per heavy atom. The monoisotopic (exact) mass is 332 g/mol. The molecule has 132 valence electrons. The fraction of sp³-hybridized carbons (Fsp3) is 0.650. The predicted molar refractivity (Wildman–Crippen MR) is 91.4 cm³/mol. The van der Waals surface area contributed by atoms with Crippen molar-refractivity contribution in [1.82, 2.24) is 0 Å². The van der Waals surface area contributed by atoms with E-state index in [1.165, 1.54) is 0 Å². The number of hydrogen-bond acceptors (Lipinski definition) is 4. The Morgan fingerprint density at radius 1 is 1.46 bits per heavy atom. The van der Waals surface area contributed by atoms with Crippen LogP contribution in [0.25, 0.3) is 0 Å². The molecule has 0 bridgehead atoms. The molecular formula is C20H28O4. The maximum absolute atomic E-state index is 12.3. The van der Waals surface area contributed by atoms with Gasteiger partial charge in [0.15, 0.2) is 0 Å². The number of carbonyl (C=O) groups is 1. The van der Waals surface area contributed by atoms with Crippen LogP contribution in [-0.2, 0) is 16.0 Å². The number of aliphatic hydroxyl groups is 1. The van der Waals surface area contributed by atoms with Crippen molar-refractivity contribution in [3.8, 4) is 0 Å². The number of allylic oxidation sites excluding steroid dienone is 1. The van der Waals surface area contributed by atoms with Crippen LogP contribution in [0.2, 0.25) is 0 Å². The van der Waals surface area contributed by atoms with E-state index in [0.717, 1.165) is 29.7 Å². The smallest absolute Gasteiger partial charge is 0.333 e. The Balaban J connectivity index is 1.96. The van der Waals surface area contributed by atoms with Gasteiger partial charge in [0.25, 0.3) is 0 Å². The number of fused-ring (bicyclic) bond motifs is 2. The van der Waals surface area contributed by atoms with Crippen LogP contribution >= 0.6 is 0 Å². The minimum absolute atomic E-state index is 0.0721. The largest absolute Gasteiger partial charge is 0.469 e. The van der Waals surface area contributed by atoms with Crippen molar-refractivity contribution in [2.24, 2.45) is 17.3 Å². The molecule has 1 N–H and O–H groups in total. The van der Waals surface area contributed by atoms with Crippen molar-refractivity contribution < 1.29 is 19.1 Å². The molecule has 0 aromatic carbocycles. The van der Waals surface area contributed by atoms with E-state index in [-0.39, 0.29) is 23.4 Å². The summed E-state index contributed by atoms with van der Waals surface area (Å²) in [6.45, 7) is 9.94. The molecule has 1 saturated carbocycles. The minimum atomic E-state index is -0.579. The lowest BCUT2D eigenvalue weighted by Crippen LogP contribution is -2.53. The molecule has 1 fully saturated rings. The zero-order valence-electron chi connectivity index (χ0n) is 15.3. The number of ether oxygens (including phenoxy) is 1. The summed E-state index contributed by atoms with van der Waals surface area (Å²) in [7, 11) is 0. The number of esters is 1. The van der Waals surface area contributed by atoms with Crippen LogP contribution in [0, 0.1) is 24.2 Å². The lowest BCUT2D eigenvalue weighted by molar-refractivity contribution is -0.170. The molecule has 1 aromatic heterocycles. The van der Waals surface area contributed by atoms with Crippen molar-refractivity contribution in [2.75, 3.05) is 0 Å². The van der Waals surface area contributed by atoms with Gasteiger partial charge in [-0.1, -0.05) is 19.9 Å². The van der Waals surface area contributed by atoms with Gasteiger partial charge in [0, 0.05) is 28.9 Å². The third kappa shape index (κ3) is 2.43. The lowest BCUT2D eigenvalue weighted by atomic mass is 9.53. The van der Waals surface area contributed by atoms with E-state index in [1.807, 2.05) is 13.8 Å². The molecule has 0 amide bonds. The Labute approximate surface area is 143 Å². The number of aryl methyl sites for hydroxylation is 1. The molecular weight excluding hydrogens is 304 g/mol. The van der Waals surface area contributed by atoms with Crippen LogP contribution in [-0.4, -0.2) is 17.2 Å². The summed E-state index contributed by atoms with van der Waals surface area (Å²) < 4.78 is 11.5. The molecule has 0 aliphatic heterocycles. The van der Waals surface area contributed by atoms with Gasteiger partial charge in [-0.05, 0) is 45.1 Å². The molecule has 2 aliphatic carbocycles. The summed E-state index contributed by atoms with van der Waals surface area (Å²) in [5.41, 5.74) is 2.26. The van der Waals surface area contributed by atoms with Crippen molar-refractivity contribution >= 4 is 5.97 Å². The van der Waals surface area contributed by atoms with Crippen LogP contribution in [0.15, 0.2) is 22.3 Å². The zero-order valence-corrected chi connectivity index (χ0v) is 15.3. The van der Waals surface area contributed by atoms with Gasteiger partial charge >= 0.3 is 5.97 Å². The van der Waals surface area contributed by atoms with Crippen LogP contribution in [0.1, 0.15) is 63.5 Å². The highest BCUT2D eigenvalue weighted by molar-refractivity contribution is 5.87. The van der Waals surface area contributed by atoms with Gasteiger partial charge < -0.3 is 14.3 Å². The standard InChI is InChI=1S/C20H28O4/c1-6-11(2)19(22)24-15-8-7-13(4)20(5)14(15)9-16-17(18(20)21)12(3)10-23-16/h6,10,13-15,18,21H,7-9H2,1-5H3/b11-6-/t13-,14-,15-,18+,20+/m0/s1. The molecule has 0 radical (unpaired) electrons. The maximum atomic E-state index is 12.3. The lowest BCUT2D eigenvalue weighted by Gasteiger charge is -2.54. The zero-order chi connectivity index (χ0) is 17.6. The van der Waals surface area contributed by atoms with Crippen molar-refractivity contribution in [2.45, 2.75) is 66.1 Å². The fourth-order valence-corrected chi connectivity index (χ4v) is 4.55. The van der Waals surface area contributed by atoms with E-state index in [9.17, 15) is 9.90 Å². The van der Waals surface area contributed by atoms with Gasteiger partial charge in [-0.3, -0.25) is 0 Å². The average Bonchev–Trinajstić information content (AvgIpc) is 2.93.